The van der Waals surface area contributed by atoms with Crippen molar-refractivity contribution in [1.29, 1.82) is 0 Å². The molecule has 162 valence electrons. The topological polar surface area (TPSA) is 70.7 Å². The summed E-state index contributed by atoms with van der Waals surface area (Å²) in [7, 11) is 1.70. The Morgan fingerprint density at radius 2 is 1.62 bits per heavy atom. The van der Waals surface area contributed by atoms with Gasteiger partial charge in [0.05, 0.1) is 0 Å². The van der Waals surface area contributed by atoms with Gasteiger partial charge in [0.2, 0.25) is 5.91 Å². The molecule has 2 N–H and O–H groups in total. The zero-order valence-corrected chi connectivity index (χ0v) is 18.4. The standard InChI is InChI=1S/C25H22ClN3O3/c1-16(30)27-20-12-8-17(9-13-20)23-22(28-24(32-23)18-6-4-3-5-7-18)25(31)29(2)21-14-10-19(26)11-15-21/h3-15,24,28H,1-2H3,(H,27,30). The second-order valence-corrected chi connectivity index (χ2v) is 7.79. The van der Waals surface area contributed by atoms with E-state index >= 15 is 0 Å². The van der Waals surface area contributed by atoms with Gasteiger partial charge in [-0.1, -0.05) is 41.9 Å². The van der Waals surface area contributed by atoms with Gasteiger partial charge >= 0.3 is 0 Å². The smallest absolute Gasteiger partial charge is 0.278 e. The zero-order valence-electron chi connectivity index (χ0n) is 17.6. The summed E-state index contributed by atoms with van der Waals surface area (Å²) in [6.07, 6.45) is -0.501. The molecule has 1 aliphatic rings. The van der Waals surface area contributed by atoms with Gasteiger partial charge < -0.3 is 20.3 Å². The fourth-order valence-corrected chi connectivity index (χ4v) is 3.54. The molecule has 0 bridgehead atoms. The maximum atomic E-state index is 13.4. The molecule has 0 saturated carbocycles. The van der Waals surface area contributed by atoms with E-state index in [4.69, 9.17) is 16.3 Å². The Labute approximate surface area is 191 Å². The lowest BCUT2D eigenvalue weighted by atomic mass is 10.1. The number of carbonyl (C=O) groups excluding carboxylic acids is 2. The van der Waals surface area contributed by atoms with Gasteiger partial charge in [-0.25, -0.2) is 0 Å². The normalized spacial score (nSPS) is 15.0. The Balaban J connectivity index is 1.68. The number of nitrogens with one attached hydrogen (secondary N) is 2. The molecule has 7 heteroatoms. The number of hydrogen-bond acceptors (Lipinski definition) is 4. The van der Waals surface area contributed by atoms with Crippen LogP contribution in [0.1, 0.15) is 24.3 Å². The van der Waals surface area contributed by atoms with E-state index in [-0.39, 0.29) is 11.8 Å². The summed E-state index contributed by atoms with van der Waals surface area (Å²) < 4.78 is 6.21. The van der Waals surface area contributed by atoms with Crippen LogP contribution >= 0.6 is 11.6 Å². The number of ether oxygens (including phenoxy) is 1. The minimum atomic E-state index is -0.501. The molecule has 3 aromatic rings. The SMILES string of the molecule is CC(=O)Nc1ccc(C2=C(C(=O)N(C)c3ccc(Cl)cc3)NC(c3ccccc3)O2)cc1. The van der Waals surface area contributed by atoms with E-state index in [9.17, 15) is 9.59 Å². The molecule has 0 aliphatic carbocycles. The van der Waals surface area contributed by atoms with Gasteiger partial charge in [0.25, 0.3) is 5.91 Å². The van der Waals surface area contributed by atoms with Crippen LogP contribution in [0, 0.1) is 0 Å². The highest BCUT2D eigenvalue weighted by atomic mass is 35.5. The first-order valence-corrected chi connectivity index (χ1v) is 10.4. The number of rotatable bonds is 5. The second-order valence-electron chi connectivity index (χ2n) is 7.36. The molecule has 6 nitrogen and oxygen atoms in total. The van der Waals surface area contributed by atoms with Crippen LogP contribution in [0.4, 0.5) is 11.4 Å². The zero-order chi connectivity index (χ0) is 22.7. The van der Waals surface area contributed by atoms with Crippen molar-refractivity contribution < 1.29 is 14.3 Å². The molecule has 0 spiro atoms. The quantitative estimate of drug-likeness (QED) is 0.580. The summed E-state index contributed by atoms with van der Waals surface area (Å²) in [4.78, 5) is 26.3. The summed E-state index contributed by atoms with van der Waals surface area (Å²) in [6, 6.07) is 23.8. The van der Waals surface area contributed by atoms with Crippen molar-refractivity contribution in [2.45, 2.75) is 13.2 Å². The minimum Gasteiger partial charge on any atom is -0.463 e. The molecule has 0 radical (unpaired) electrons. The van der Waals surface area contributed by atoms with Crippen LogP contribution in [0.25, 0.3) is 5.76 Å². The average molecular weight is 448 g/mol. The lowest BCUT2D eigenvalue weighted by molar-refractivity contribution is -0.115. The van der Waals surface area contributed by atoms with Crippen LogP contribution in [0.2, 0.25) is 5.02 Å². The number of carbonyl (C=O) groups is 2. The predicted molar refractivity (Wildman–Crippen MR) is 126 cm³/mol. The molecule has 0 aromatic heterocycles. The molecule has 1 atom stereocenters. The highest BCUT2D eigenvalue weighted by molar-refractivity contribution is 6.30. The van der Waals surface area contributed by atoms with Crippen LogP contribution in [-0.2, 0) is 14.3 Å². The van der Waals surface area contributed by atoms with E-state index < -0.39 is 6.23 Å². The summed E-state index contributed by atoms with van der Waals surface area (Å²) in [5.74, 6) is 0.0473. The molecule has 0 saturated heterocycles. The molecular weight excluding hydrogens is 426 g/mol. The van der Waals surface area contributed by atoms with Crippen molar-refractivity contribution in [3.05, 3.63) is 101 Å². The molecule has 0 fully saturated rings. The van der Waals surface area contributed by atoms with Gasteiger partial charge in [0.1, 0.15) is 5.70 Å². The van der Waals surface area contributed by atoms with Crippen molar-refractivity contribution in [1.82, 2.24) is 5.32 Å². The number of likely N-dealkylation sites (N-methyl/N-ethyl adjacent to an activating group) is 1. The van der Waals surface area contributed by atoms with E-state index in [1.165, 1.54) is 6.92 Å². The number of halogens is 1. The van der Waals surface area contributed by atoms with Gasteiger partial charge in [-0.3, -0.25) is 9.59 Å². The van der Waals surface area contributed by atoms with Crippen molar-refractivity contribution >= 4 is 40.5 Å². The number of nitrogens with zero attached hydrogens (tertiary/aromatic N) is 1. The monoisotopic (exact) mass is 447 g/mol. The summed E-state index contributed by atoms with van der Waals surface area (Å²) >= 11 is 5.99. The van der Waals surface area contributed by atoms with Crippen LogP contribution in [0.15, 0.2) is 84.6 Å². The Hall–Kier alpha value is -3.77. The fraction of sp³-hybridized carbons (Fsp3) is 0.120. The molecule has 4 rings (SSSR count). The molecule has 1 unspecified atom stereocenters. The Morgan fingerprint density at radius 3 is 2.25 bits per heavy atom. The molecule has 1 aliphatic heterocycles. The summed E-state index contributed by atoms with van der Waals surface area (Å²) in [6.45, 7) is 1.45. The number of benzene rings is 3. The Bertz CT molecular complexity index is 1160. The van der Waals surface area contributed by atoms with E-state index in [1.54, 1.807) is 48.3 Å². The van der Waals surface area contributed by atoms with Gasteiger partial charge in [-0.15, -0.1) is 0 Å². The second kappa shape index (κ2) is 9.16. The first-order chi connectivity index (χ1) is 15.4. The van der Waals surface area contributed by atoms with Gasteiger partial charge in [-0.05, 0) is 48.5 Å². The van der Waals surface area contributed by atoms with Crippen LogP contribution < -0.4 is 15.5 Å². The molecule has 1 heterocycles. The highest BCUT2D eigenvalue weighted by Gasteiger charge is 2.33. The van der Waals surface area contributed by atoms with E-state index in [0.29, 0.717) is 27.9 Å². The van der Waals surface area contributed by atoms with Crippen molar-refractivity contribution in [3.63, 3.8) is 0 Å². The minimum absolute atomic E-state index is 0.152. The number of amides is 2. The third-order valence-electron chi connectivity index (χ3n) is 5.04. The Kier molecular flexibility index (Phi) is 6.14. The number of hydrogen-bond donors (Lipinski definition) is 2. The predicted octanol–water partition coefficient (Wildman–Crippen LogP) is 4.95. The maximum absolute atomic E-state index is 13.4. The van der Waals surface area contributed by atoms with Crippen molar-refractivity contribution in [3.8, 4) is 0 Å². The van der Waals surface area contributed by atoms with Gasteiger partial charge in [-0.2, -0.15) is 0 Å². The largest absolute Gasteiger partial charge is 0.463 e. The molecule has 2 amide bonds. The third-order valence-corrected chi connectivity index (χ3v) is 5.29. The maximum Gasteiger partial charge on any atom is 0.278 e. The number of anilines is 2. The third kappa shape index (κ3) is 4.60. The molecule has 32 heavy (non-hydrogen) atoms. The lowest BCUT2D eigenvalue weighted by Crippen LogP contribution is -2.33. The first-order valence-electron chi connectivity index (χ1n) is 10.1. The molecule has 3 aromatic carbocycles. The van der Waals surface area contributed by atoms with Crippen molar-refractivity contribution in [2.75, 3.05) is 17.3 Å². The fourth-order valence-electron chi connectivity index (χ4n) is 3.41. The van der Waals surface area contributed by atoms with Crippen LogP contribution in [-0.4, -0.2) is 18.9 Å². The van der Waals surface area contributed by atoms with E-state index in [2.05, 4.69) is 10.6 Å². The Morgan fingerprint density at radius 1 is 0.969 bits per heavy atom. The van der Waals surface area contributed by atoms with Gasteiger partial charge in [0.15, 0.2) is 12.0 Å². The summed E-state index contributed by atoms with van der Waals surface area (Å²) in [5.41, 5.74) is 3.34. The lowest BCUT2D eigenvalue weighted by Gasteiger charge is -2.19. The van der Waals surface area contributed by atoms with Crippen molar-refractivity contribution in [2.24, 2.45) is 0 Å². The van der Waals surface area contributed by atoms with Gasteiger partial charge in [0, 0.05) is 41.5 Å². The van der Waals surface area contributed by atoms with Crippen LogP contribution in [0.3, 0.4) is 0 Å². The average Bonchev–Trinajstić information content (AvgIpc) is 3.25. The van der Waals surface area contributed by atoms with E-state index in [1.807, 2.05) is 42.5 Å². The first kappa shape index (κ1) is 21.5. The highest BCUT2D eigenvalue weighted by Crippen LogP contribution is 2.35. The van der Waals surface area contributed by atoms with Crippen LogP contribution in [0.5, 0.6) is 0 Å². The summed E-state index contributed by atoms with van der Waals surface area (Å²) in [5, 5.41) is 6.57. The van der Waals surface area contributed by atoms with E-state index in [0.717, 1.165) is 11.1 Å². The molecular formula is C25H22ClN3O3.